The quantitative estimate of drug-likeness (QED) is 0.0660. The molecule has 0 unspecified atom stereocenters. The van der Waals surface area contributed by atoms with Gasteiger partial charge in [-0.05, 0) is 44.9 Å². The molecule has 0 bridgehead atoms. The summed E-state index contributed by atoms with van der Waals surface area (Å²) in [5, 5.41) is 22.7. The normalized spacial score (nSPS) is 13.5. The molecule has 0 aliphatic heterocycles. The predicted octanol–water partition coefficient (Wildman–Crippen LogP) is 9.34. The van der Waals surface area contributed by atoms with Crippen LogP contribution in [0.1, 0.15) is 168 Å². The third-order valence-corrected chi connectivity index (χ3v) is 7.43. The summed E-state index contributed by atoms with van der Waals surface area (Å²) < 4.78 is 0. The van der Waals surface area contributed by atoms with Crippen molar-refractivity contribution in [3.05, 3.63) is 24.3 Å². The second-order valence-electron chi connectivity index (χ2n) is 11.2. The first-order valence-corrected chi connectivity index (χ1v) is 16.6. The molecule has 0 aliphatic carbocycles. The van der Waals surface area contributed by atoms with Gasteiger partial charge >= 0.3 is 0 Å². The van der Waals surface area contributed by atoms with Crippen LogP contribution < -0.4 is 5.32 Å². The summed E-state index contributed by atoms with van der Waals surface area (Å²) in [6.07, 6.45) is 36.8. The number of hydrogen-bond donors (Lipinski definition) is 3. The molecule has 1 amide bonds. The molecule has 3 N–H and O–H groups in total. The number of nitrogens with one attached hydrogen (secondary N) is 1. The molecule has 2 atom stereocenters. The summed E-state index contributed by atoms with van der Waals surface area (Å²) in [7, 11) is 0. The Hall–Kier alpha value is -1.13. The molecule has 0 rings (SSSR count). The number of unbranched alkanes of at least 4 members (excludes halogenated alkanes) is 20. The molecular formula is C34H65NO3. The minimum absolute atomic E-state index is 0.0728. The average Bonchev–Trinajstić information content (AvgIpc) is 2.92. The molecule has 0 radical (unpaired) electrons. The molecule has 0 fully saturated rings. The van der Waals surface area contributed by atoms with Crippen molar-refractivity contribution >= 4 is 5.91 Å². The molecule has 4 nitrogen and oxygen atoms in total. The zero-order valence-corrected chi connectivity index (χ0v) is 25.4. The Bertz CT molecular complexity index is 546. The number of rotatable bonds is 29. The smallest absolute Gasteiger partial charge is 0.220 e. The number of carbonyl (C=O) groups is 1. The number of amides is 1. The molecule has 0 heterocycles. The Balaban J connectivity index is 3.62. The van der Waals surface area contributed by atoms with Gasteiger partial charge in [0.15, 0.2) is 0 Å². The average molecular weight is 536 g/mol. The molecule has 0 saturated carbocycles. The first kappa shape index (κ1) is 36.9. The van der Waals surface area contributed by atoms with Crippen molar-refractivity contribution in [1.29, 1.82) is 0 Å². The summed E-state index contributed by atoms with van der Waals surface area (Å²) >= 11 is 0. The molecular weight excluding hydrogens is 470 g/mol. The van der Waals surface area contributed by atoms with E-state index in [1.165, 1.54) is 122 Å². The zero-order chi connectivity index (χ0) is 27.9. The van der Waals surface area contributed by atoms with E-state index in [2.05, 4.69) is 31.3 Å². The maximum atomic E-state index is 12.2. The highest BCUT2D eigenvalue weighted by atomic mass is 16.3. The van der Waals surface area contributed by atoms with E-state index in [9.17, 15) is 15.0 Å². The van der Waals surface area contributed by atoms with Gasteiger partial charge in [-0.25, -0.2) is 0 Å². The number of hydrogen-bond acceptors (Lipinski definition) is 3. The lowest BCUT2D eigenvalue weighted by Gasteiger charge is -2.20. The van der Waals surface area contributed by atoms with E-state index in [4.69, 9.17) is 0 Å². The molecule has 4 heteroatoms. The second-order valence-corrected chi connectivity index (χ2v) is 11.2. The Morgan fingerprint density at radius 3 is 1.45 bits per heavy atom. The minimum Gasteiger partial charge on any atom is -0.394 e. The third-order valence-electron chi connectivity index (χ3n) is 7.43. The molecule has 0 aliphatic rings. The van der Waals surface area contributed by atoms with Crippen LogP contribution >= 0.6 is 0 Å². The number of aliphatic hydroxyl groups excluding tert-OH is 2. The van der Waals surface area contributed by atoms with Crippen molar-refractivity contribution in [3.8, 4) is 0 Å². The van der Waals surface area contributed by atoms with Crippen LogP contribution in [-0.2, 0) is 4.79 Å². The number of allylic oxidation sites excluding steroid dienone is 3. The third kappa shape index (κ3) is 26.5. The summed E-state index contributed by atoms with van der Waals surface area (Å²) in [5.41, 5.74) is 0. The molecule has 0 spiro atoms. The van der Waals surface area contributed by atoms with Gasteiger partial charge in [-0.3, -0.25) is 4.79 Å². The second kappa shape index (κ2) is 30.4. The van der Waals surface area contributed by atoms with Crippen LogP contribution in [0.15, 0.2) is 24.3 Å². The van der Waals surface area contributed by atoms with Gasteiger partial charge in [-0.1, -0.05) is 141 Å². The van der Waals surface area contributed by atoms with Gasteiger partial charge in [-0.2, -0.15) is 0 Å². The van der Waals surface area contributed by atoms with Gasteiger partial charge in [0.25, 0.3) is 0 Å². The van der Waals surface area contributed by atoms with Gasteiger partial charge in [0, 0.05) is 6.42 Å². The van der Waals surface area contributed by atoms with Gasteiger partial charge in [-0.15, -0.1) is 0 Å². The molecule has 38 heavy (non-hydrogen) atoms. The van der Waals surface area contributed by atoms with E-state index in [-0.39, 0.29) is 12.5 Å². The molecule has 0 saturated heterocycles. The van der Waals surface area contributed by atoms with Crippen molar-refractivity contribution in [1.82, 2.24) is 5.32 Å². The lowest BCUT2D eigenvalue weighted by atomic mass is 10.1. The lowest BCUT2D eigenvalue weighted by Crippen LogP contribution is -2.45. The number of carbonyl (C=O) groups excluding carboxylic acids is 1. The molecule has 0 aromatic rings. The van der Waals surface area contributed by atoms with Gasteiger partial charge in [0.05, 0.1) is 18.8 Å². The fourth-order valence-electron chi connectivity index (χ4n) is 4.82. The van der Waals surface area contributed by atoms with Gasteiger partial charge in [0.2, 0.25) is 5.91 Å². The Morgan fingerprint density at radius 1 is 0.605 bits per heavy atom. The first-order chi connectivity index (χ1) is 18.7. The van der Waals surface area contributed by atoms with E-state index >= 15 is 0 Å². The van der Waals surface area contributed by atoms with Crippen molar-refractivity contribution in [3.63, 3.8) is 0 Å². The monoisotopic (exact) mass is 535 g/mol. The highest BCUT2D eigenvalue weighted by Crippen LogP contribution is 2.12. The maximum absolute atomic E-state index is 12.2. The summed E-state index contributed by atoms with van der Waals surface area (Å²) in [4.78, 5) is 12.2. The minimum atomic E-state index is -0.834. The van der Waals surface area contributed by atoms with E-state index in [1.807, 2.05) is 6.08 Å². The van der Waals surface area contributed by atoms with E-state index in [0.717, 1.165) is 25.7 Å². The SMILES string of the molecule is CCCCCCCC/C=C/CCCCCCCCCC(=O)N[C@@H](CO)[C@H](O)/C=C/CCCCCCCCC. The fraction of sp³-hybridized carbons (Fsp3) is 0.853. The van der Waals surface area contributed by atoms with Crippen LogP contribution in [0.4, 0.5) is 0 Å². The highest BCUT2D eigenvalue weighted by molar-refractivity contribution is 5.76. The Kier molecular flexibility index (Phi) is 29.5. The number of aliphatic hydroxyl groups is 2. The topological polar surface area (TPSA) is 69.6 Å². The van der Waals surface area contributed by atoms with Gasteiger partial charge < -0.3 is 15.5 Å². The fourth-order valence-corrected chi connectivity index (χ4v) is 4.82. The van der Waals surface area contributed by atoms with E-state index in [0.29, 0.717) is 6.42 Å². The van der Waals surface area contributed by atoms with Crippen LogP contribution in [0.25, 0.3) is 0 Å². The van der Waals surface area contributed by atoms with Crippen molar-refractivity contribution < 1.29 is 15.0 Å². The van der Waals surface area contributed by atoms with Crippen molar-refractivity contribution in [2.24, 2.45) is 0 Å². The standard InChI is InChI=1S/C34H65NO3/c1-3-5-7-9-11-13-14-15-16-17-18-19-20-22-24-26-28-30-34(38)35-32(31-36)33(37)29-27-25-23-21-12-10-8-6-4-2/h15-16,27,29,32-33,36-37H,3-14,17-26,28,30-31H2,1-2H3,(H,35,38)/b16-15+,29-27+/t32-,33+/m0/s1. The zero-order valence-electron chi connectivity index (χ0n) is 25.4. The van der Waals surface area contributed by atoms with Crippen LogP contribution in [0.5, 0.6) is 0 Å². The largest absolute Gasteiger partial charge is 0.394 e. The molecule has 224 valence electrons. The Labute approximate surface area is 237 Å². The lowest BCUT2D eigenvalue weighted by molar-refractivity contribution is -0.123. The maximum Gasteiger partial charge on any atom is 0.220 e. The molecule has 0 aromatic heterocycles. The van der Waals surface area contributed by atoms with Crippen LogP contribution in [0.3, 0.4) is 0 Å². The van der Waals surface area contributed by atoms with E-state index in [1.54, 1.807) is 6.08 Å². The highest BCUT2D eigenvalue weighted by Gasteiger charge is 2.17. The van der Waals surface area contributed by atoms with Crippen LogP contribution in [0.2, 0.25) is 0 Å². The van der Waals surface area contributed by atoms with Crippen LogP contribution in [-0.4, -0.2) is 34.9 Å². The van der Waals surface area contributed by atoms with Crippen LogP contribution in [0, 0.1) is 0 Å². The van der Waals surface area contributed by atoms with Crippen molar-refractivity contribution in [2.45, 2.75) is 180 Å². The Morgan fingerprint density at radius 2 is 1.00 bits per heavy atom. The predicted molar refractivity (Wildman–Crippen MR) is 165 cm³/mol. The van der Waals surface area contributed by atoms with Gasteiger partial charge in [0.1, 0.15) is 0 Å². The van der Waals surface area contributed by atoms with Crippen molar-refractivity contribution in [2.75, 3.05) is 6.61 Å². The summed E-state index contributed by atoms with van der Waals surface area (Å²) in [6.45, 7) is 4.26. The summed E-state index contributed by atoms with van der Waals surface area (Å²) in [6, 6.07) is -0.618. The molecule has 0 aromatic carbocycles. The van der Waals surface area contributed by atoms with E-state index < -0.39 is 12.1 Å². The first-order valence-electron chi connectivity index (χ1n) is 16.6. The summed E-state index contributed by atoms with van der Waals surface area (Å²) in [5.74, 6) is -0.0728.